The Morgan fingerprint density at radius 1 is 1.19 bits per heavy atom. The summed E-state index contributed by atoms with van der Waals surface area (Å²) in [4.78, 5) is 22.0. The van der Waals surface area contributed by atoms with Crippen molar-refractivity contribution in [2.75, 3.05) is 31.4 Å². The van der Waals surface area contributed by atoms with E-state index in [1.165, 1.54) is 7.11 Å². The van der Waals surface area contributed by atoms with Gasteiger partial charge in [-0.1, -0.05) is 0 Å². The zero-order valence-electron chi connectivity index (χ0n) is 12.5. The van der Waals surface area contributed by atoms with Crippen molar-refractivity contribution in [2.45, 2.75) is 6.92 Å². The number of hydrogen-bond donors (Lipinski definition) is 1. The standard InChI is InChI=1S/C15H18N4O2/c1-10-9-13(14(20)21-4)18-15(16-10)17-11-5-7-12(8-6-11)19(2)3/h5-9H,1-4H3,(H,16,17,18). The van der Waals surface area contributed by atoms with Gasteiger partial charge < -0.3 is 15.0 Å². The van der Waals surface area contributed by atoms with Crippen molar-refractivity contribution >= 4 is 23.3 Å². The Morgan fingerprint density at radius 3 is 2.43 bits per heavy atom. The average Bonchev–Trinajstić information content (AvgIpc) is 2.46. The first-order chi connectivity index (χ1) is 9.99. The van der Waals surface area contributed by atoms with Crippen molar-refractivity contribution in [1.82, 2.24) is 9.97 Å². The van der Waals surface area contributed by atoms with Gasteiger partial charge in [0, 0.05) is 31.2 Å². The molecule has 21 heavy (non-hydrogen) atoms. The molecule has 1 N–H and O–H groups in total. The average molecular weight is 286 g/mol. The van der Waals surface area contributed by atoms with Crippen LogP contribution in [0.15, 0.2) is 30.3 Å². The topological polar surface area (TPSA) is 67.3 Å². The molecule has 1 aromatic carbocycles. The first kappa shape index (κ1) is 14.8. The van der Waals surface area contributed by atoms with Crippen LogP contribution in [-0.4, -0.2) is 37.1 Å². The molecule has 1 aromatic heterocycles. The molecule has 6 nitrogen and oxygen atoms in total. The Hall–Kier alpha value is -2.63. The molecule has 0 radical (unpaired) electrons. The van der Waals surface area contributed by atoms with Gasteiger partial charge in [-0.25, -0.2) is 14.8 Å². The molecule has 0 spiro atoms. The minimum Gasteiger partial charge on any atom is -0.464 e. The fourth-order valence-electron chi connectivity index (χ4n) is 1.81. The van der Waals surface area contributed by atoms with Gasteiger partial charge in [0.1, 0.15) is 0 Å². The quantitative estimate of drug-likeness (QED) is 0.870. The molecule has 0 bridgehead atoms. The summed E-state index contributed by atoms with van der Waals surface area (Å²) in [6, 6.07) is 9.42. The summed E-state index contributed by atoms with van der Waals surface area (Å²) in [5, 5.41) is 3.08. The van der Waals surface area contributed by atoms with Crippen LogP contribution in [0.3, 0.4) is 0 Å². The number of aryl methyl sites for hydroxylation is 1. The fourth-order valence-corrected chi connectivity index (χ4v) is 1.81. The Bertz CT molecular complexity index is 639. The van der Waals surface area contributed by atoms with Gasteiger partial charge in [0.2, 0.25) is 5.95 Å². The van der Waals surface area contributed by atoms with Gasteiger partial charge in [0.05, 0.1) is 7.11 Å². The van der Waals surface area contributed by atoms with Crippen molar-refractivity contribution in [3.05, 3.63) is 41.7 Å². The molecule has 0 aliphatic carbocycles. The lowest BCUT2D eigenvalue weighted by atomic mass is 10.2. The lowest BCUT2D eigenvalue weighted by molar-refractivity contribution is 0.0594. The van der Waals surface area contributed by atoms with E-state index in [0.29, 0.717) is 11.6 Å². The van der Waals surface area contributed by atoms with Gasteiger partial charge in [-0.05, 0) is 37.3 Å². The fraction of sp³-hybridized carbons (Fsp3) is 0.267. The molecule has 1 heterocycles. The zero-order chi connectivity index (χ0) is 15.4. The predicted molar refractivity (Wildman–Crippen MR) is 82.2 cm³/mol. The van der Waals surface area contributed by atoms with Crippen molar-refractivity contribution < 1.29 is 9.53 Å². The molecule has 0 aliphatic rings. The van der Waals surface area contributed by atoms with Gasteiger partial charge in [-0.15, -0.1) is 0 Å². The van der Waals surface area contributed by atoms with Crippen molar-refractivity contribution in [2.24, 2.45) is 0 Å². The molecule has 6 heteroatoms. The Balaban J connectivity index is 2.22. The van der Waals surface area contributed by atoms with Gasteiger partial charge in [0.25, 0.3) is 0 Å². The van der Waals surface area contributed by atoms with Crippen LogP contribution in [0, 0.1) is 6.92 Å². The smallest absolute Gasteiger partial charge is 0.356 e. The number of methoxy groups -OCH3 is 1. The molecular formula is C15H18N4O2. The number of anilines is 3. The molecule has 0 saturated carbocycles. The number of esters is 1. The lowest BCUT2D eigenvalue weighted by Gasteiger charge is -2.13. The number of nitrogens with zero attached hydrogens (tertiary/aromatic N) is 3. The maximum absolute atomic E-state index is 11.5. The summed E-state index contributed by atoms with van der Waals surface area (Å²) in [5.41, 5.74) is 2.87. The third-order valence-electron chi connectivity index (χ3n) is 2.89. The first-order valence-electron chi connectivity index (χ1n) is 6.48. The number of ether oxygens (including phenoxy) is 1. The molecule has 0 fully saturated rings. The summed E-state index contributed by atoms with van der Waals surface area (Å²) < 4.78 is 4.68. The first-order valence-corrected chi connectivity index (χ1v) is 6.48. The zero-order valence-corrected chi connectivity index (χ0v) is 12.5. The van der Waals surface area contributed by atoms with Crippen molar-refractivity contribution in [3.8, 4) is 0 Å². The molecule has 2 aromatic rings. The summed E-state index contributed by atoms with van der Waals surface area (Å²) in [7, 11) is 5.29. The van der Waals surface area contributed by atoms with Crippen LogP contribution in [0.5, 0.6) is 0 Å². The van der Waals surface area contributed by atoms with Gasteiger partial charge in [-0.2, -0.15) is 0 Å². The van der Waals surface area contributed by atoms with Crippen LogP contribution in [0.1, 0.15) is 16.2 Å². The van der Waals surface area contributed by atoms with Crippen LogP contribution in [0.2, 0.25) is 0 Å². The van der Waals surface area contributed by atoms with Crippen LogP contribution in [0.4, 0.5) is 17.3 Å². The van der Waals surface area contributed by atoms with E-state index in [1.807, 2.05) is 43.3 Å². The lowest BCUT2D eigenvalue weighted by Crippen LogP contribution is -2.09. The third-order valence-corrected chi connectivity index (χ3v) is 2.89. The van der Waals surface area contributed by atoms with E-state index < -0.39 is 5.97 Å². The van der Waals surface area contributed by atoms with E-state index in [1.54, 1.807) is 13.0 Å². The molecular weight excluding hydrogens is 268 g/mol. The van der Waals surface area contributed by atoms with Gasteiger partial charge in [0.15, 0.2) is 5.69 Å². The molecule has 0 saturated heterocycles. The second-order valence-corrected chi connectivity index (χ2v) is 4.78. The Morgan fingerprint density at radius 2 is 1.86 bits per heavy atom. The molecule has 2 rings (SSSR count). The number of hydrogen-bond acceptors (Lipinski definition) is 6. The van der Waals surface area contributed by atoms with E-state index in [4.69, 9.17) is 0 Å². The van der Waals surface area contributed by atoms with Gasteiger partial charge in [-0.3, -0.25) is 0 Å². The van der Waals surface area contributed by atoms with Crippen molar-refractivity contribution in [1.29, 1.82) is 0 Å². The van der Waals surface area contributed by atoms with E-state index >= 15 is 0 Å². The SMILES string of the molecule is COC(=O)c1cc(C)nc(Nc2ccc(N(C)C)cc2)n1. The van der Waals surface area contributed by atoms with E-state index in [9.17, 15) is 4.79 Å². The van der Waals surface area contributed by atoms with Crippen molar-refractivity contribution in [3.63, 3.8) is 0 Å². The normalized spacial score (nSPS) is 10.1. The molecule has 0 unspecified atom stereocenters. The number of nitrogens with one attached hydrogen (secondary N) is 1. The van der Waals surface area contributed by atoms with Gasteiger partial charge >= 0.3 is 5.97 Å². The summed E-state index contributed by atoms with van der Waals surface area (Å²) in [5.74, 6) is -0.112. The highest BCUT2D eigenvalue weighted by Crippen LogP contribution is 2.18. The second kappa shape index (κ2) is 6.21. The highest BCUT2D eigenvalue weighted by atomic mass is 16.5. The van der Waals surface area contributed by atoms with Crippen LogP contribution in [-0.2, 0) is 4.74 Å². The molecule has 0 amide bonds. The van der Waals surface area contributed by atoms with E-state index in [2.05, 4.69) is 20.0 Å². The second-order valence-electron chi connectivity index (χ2n) is 4.78. The third kappa shape index (κ3) is 3.68. The number of aromatic nitrogens is 2. The minimum atomic E-state index is -0.480. The summed E-state index contributed by atoms with van der Waals surface area (Å²) >= 11 is 0. The highest BCUT2D eigenvalue weighted by molar-refractivity contribution is 5.87. The Kier molecular flexibility index (Phi) is 4.37. The maximum Gasteiger partial charge on any atom is 0.356 e. The molecule has 0 atom stereocenters. The number of carbonyl (C=O) groups excluding carboxylic acids is 1. The minimum absolute atomic E-state index is 0.234. The van der Waals surface area contributed by atoms with Crippen LogP contribution < -0.4 is 10.2 Å². The van der Waals surface area contributed by atoms with Crippen LogP contribution in [0.25, 0.3) is 0 Å². The maximum atomic E-state index is 11.5. The number of carbonyl (C=O) groups is 1. The Labute approximate surface area is 123 Å². The molecule has 110 valence electrons. The van der Waals surface area contributed by atoms with E-state index in [0.717, 1.165) is 11.4 Å². The highest BCUT2D eigenvalue weighted by Gasteiger charge is 2.10. The molecule has 0 aliphatic heterocycles. The summed E-state index contributed by atoms with van der Waals surface area (Å²) in [6.07, 6.45) is 0. The predicted octanol–water partition coefficient (Wildman–Crippen LogP) is 2.38. The summed E-state index contributed by atoms with van der Waals surface area (Å²) in [6.45, 7) is 1.80. The monoisotopic (exact) mass is 286 g/mol. The van der Waals surface area contributed by atoms with E-state index in [-0.39, 0.29) is 5.69 Å². The largest absolute Gasteiger partial charge is 0.464 e. The number of benzene rings is 1. The number of rotatable bonds is 4. The van der Waals surface area contributed by atoms with Crippen LogP contribution >= 0.6 is 0 Å².